The van der Waals surface area contributed by atoms with Gasteiger partial charge in [-0.25, -0.2) is 0 Å². The SMILES string of the molecule is OCc1ccc(C(F)(F)Cl)cc1. The van der Waals surface area contributed by atoms with E-state index in [1.807, 2.05) is 0 Å². The third-order valence-corrected chi connectivity index (χ3v) is 1.68. The third kappa shape index (κ3) is 2.16. The number of aliphatic hydroxyl groups excluding tert-OH is 1. The Morgan fingerprint density at radius 2 is 1.75 bits per heavy atom. The van der Waals surface area contributed by atoms with Crippen LogP contribution < -0.4 is 0 Å². The Morgan fingerprint density at radius 1 is 1.25 bits per heavy atom. The van der Waals surface area contributed by atoms with E-state index in [0.29, 0.717) is 5.56 Å². The molecule has 0 unspecified atom stereocenters. The van der Waals surface area contributed by atoms with E-state index in [9.17, 15) is 8.78 Å². The molecule has 0 saturated carbocycles. The molecule has 0 spiro atoms. The minimum atomic E-state index is -3.33. The minimum absolute atomic E-state index is 0.159. The van der Waals surface area contributed by atoms with Crippen molar-refractivity contribution >= 4 is 11.6 Å². The molecule has 66 valence electrons. The maximum atomic E-state index is 12.4. The van der Waals surface area contributed by atoms with Crippen molar-refractivity contribution in [3.8, 4) is 0 Å². The van der Waals surface area contributed by atoms with Gasteiger partial charge in [0.15, 0.2) is 0 Å². The van der Waals surface area contributed by atoms with Gasteiger partial charge in [-0.2, -0.15) is 8.78 Å². The average Bonchev–Trinajstić information content (AvgIpc) is 2.03. The van der Waals surface area contributed by atoms with Gasteiger partial charge in [-0.3, -0.25) is 0 Å². The first-order valence-corrected chi connectivity index (χ1v) is 3.69. The van der Waals surface area contributed by atoms with Crippen LogP contribution in [-0.4, -0.2) is 5.11 Å². The highest BCUT2D eigenvalue weighted by Gasteiger charge is 2.26. The summed E-state index contributed by atoms with van der Waals surface area (Å²) >= 11 is 4.76. The molecule has 1 N–H and O–H groups in total. The van der Waals surface area contributed by atoms with Gasteiger partial charge in [0.2, 0.25) is 0 Å². The van der Waals surface area contributed by atoms with Crippen LogP contribution in [0, 0.1) is 0 Å². The topological polar surface area (TPSA) is 20.2 Å². The van der Waals surface area contributed by atoms with Gasteiger partial charge in [-0.05, 0) is 17.2 Å². The number of alkyl halides is 3. The first kappa shape index (κ1) is 9.42. The molecule has 0 radical (unpaired) electrons. The zero-order chi connectivity index (χ0) is 9.19. The number of benzene rings is 1. The first-order valence-electron chi connectivity index (χ1n) is 3.31. The molecule has 0 aliphatic heterocycles. The molecule has 0 aliphatic carbocycles. The zero-order valence-corrected chi connectivity index (χ0v) is 6.85. The van der Waals surface area contributed by atoms with Crippen molar-refractivity contribution in [2.75, 3.05) is 0 Å². The van der Waals surface area contributed by atoms with Crippen molar-refractivity contribution in [2.45, 2.75) is 12.0 Å². The molecule has 0 bridgehead atoms. The van der Waals surface area contributed by atoms with Crippen LogP contribution in [0.2, 0.25) is 0 Å². The van der Waals surface area contributed by atoms with Crippen LogP contribution in [0.5, 0.6) is 0 Å². The number of rotatable bonds is 2. The Bertz CT molecular complexity index is 253. The molecule has 1 nitrogen and oxygen atoms in total. The van der Waals surface area contributed by atoms with E-state index in [0.717, 1.165) is 0 Å². The molecule has 0 saturated heterocycles. The smallest absolute Gasteiger partial charge is 0.348 e. The van der Waals surface area contributed by atoms with Crippen LogP contribution in [0.1, 0.15) is 11.1 Å². The molecule has 1 rings (SSSR count). The highest BCUT2D eigenvalue weighted by Crippen LogP contribution is 2.31. The second-order valence-electron chi connectivity index (χ2n) is 2.35. The average molecular weight is 193 g/mol. The van der Waals surface area contributed by atoms with E-state index in [1.165, 1.54) is 24.3 Å². The number of hydrogen-bond acceptors (Lipinski definition) is 1. The summed E-state index contributed by atoms with van der Waals surface area (Å²) in [7, 11) is 0. The summed E-state index contributed by atoms with van der Waals surface area (Å²) in [6.45, 7) is -0.159. The molecule has 12 heavy (non-hydrogen) atoms. The van der Waals surface area contributed by atoms with E-state index < -0.39 is 5.38 Å². The second kappa shape index (κ2) is 3.37. The van der Waals surface area contributed by atoms with Crippen LogP contribution in [-0.2, 0) is 12.0 Å². The van der Waals surface area contributed by atoms with Gasteiger partial charge in [-0.1, -0.05) is 24.3 Å². The van der Waals surface area contributed by atoms with E-state index in [-0.39, 0.29) is 12.2 Å². The Morgan fingerprint density at radius 3 is 2.08 bits per heavy atom. The zero-order valence-electron chi connectivity index (χ0n) is 6.10. The van der Waals surface area contributed by atoms with Gasteiger partial charge in [0.1, 0.15) is 0 Å². The highest BCUT2D eigenvalue weighted by atomic mass is 35.5. The van der Waals surface area contributed by atoms with E-state index >= 15 is 0 Å². The van der Waals surface area contributed by atoms with Gasteiger partial charge in [0, 0.05) is 5.56 Å². The predicted octanol–water partition coefficient (Wildman–Crippen LogP) is 2.47. The molecule has 0 heterocycles. The Hall–Kier alpha value is -0.670. The summed E-state index contributed by atoms with van der Waals surface area (Å²) in [5.41, 5.74) is 0.320. The van der Waals surface area contributed by atoms with Crippen molar-refractivity contribution in [2.24, 2.45) is 0 Å². The van der Waals surface area contributed by atoms with Crippen molar-refractivity contribution in [3.05, 3.63) is 35.4 Å². The summed E-state index contributed by atoms with van der Waals surface area (Å²) in [6.07, 6.45) is 0. The van der Waals surface area contributed by atoms with Crippen LogP contribution in [0.3, 0.4) is 0 Å². The number of hydrogen-bond donors (Lipinski definition) is 1. The summed E-state index contributed by atoms with van der Waals surface area (Å²) < 4.78 is 24.8. The summed E-state index contributed by atoms with van der Waals surface area (Å²) in [6, 6.07) is 5.20. The van der Waals surface area contributed by atoms with E-state index in [4.69, 9.17) is 16.7 Å². The fraction of sp³-hybridized carbons (Fsp3) is 0.250. The molecule has 1 aromatic rings. The molecule has 1 aromatic carbocycles. The molecule has 0 amide bonds. The number of halogens is 3. The molecule has 4 heteroatoms. The second-order valence-corrected chi connectivity index (χ2v) is 2.83. The van der Waals surface area contributed by atoms with Gasteiger partial charge in [-0.15, -0.1) is 0 Å². The van der Waals surface area contributed by atoms with Gasteiger partial charge >= 0.3 is 5.38 Å². The van der Waals surface area contributed by atoms with Crippen LogP contribution >= 0.6 is 11.6 Å². The predicted molar refractivity (Wildman–Crippen MR) is 42.1 cm³/mol. The first-order chi connectivity index (χ1) is 5.54. The van der Waals surface area contributed by atoms with E-state index in [2.05, 4.69) is 0 Å². The maximum Gasteiger partial charge on any atom is 0.348 e. The Labute approximate surface area is 73.6 Å². The third-order valence-electron chi connectivity index (χ3n) is 1.46. The van der Waals surface area contributed by atoms with Crippen LogP contribution in [0.4, 0.5) is 8.78 Å². The van der Waals surface area contributed by atoms with Crippen LogP contribution in [0.15, 0.2) is 24.3 Å². The van der Waals surface area contributed by atoms with Gasteiger partial charge in [0.25, 0.3) is 0 Å². The standard InChI is InChI=1S/C8H7ClF2O/c9-8(10,11)7-3-1-6(5-12)2-4-7/h1-4,12H,5H2. The minimum Gasteiger partial charge on any atom is -0.392 e. The molecule has 0 aliphatic rings. The molecule has 0 fully saturated rings. The van der Waals surface area contributed by atoms with Gasteiger partial charge in [0.05, 0.1) is 6.61 Å². The largest absolute Gasteiger partial charge is 0.392 e. The van der Waals surface area contributed by atoms with Gasteiger partial charge < -0.3 is 5.11 Å². The Kier molecular flexibility index (Phi) is 2.65. The summed E-state index contributed by atoms with van der Waals surface area (Å²) in [5.74, 6) is 0. The normalized spacial score (nSPS) is 11.7. The maximum absolute atomic E-state index is 12.4. The van der Waals surface area contributed by atoms with Crippen molar-refractivity contribution in [3.63, 3.8) is 0 Å². The fourth-order valence-electron chi connectivity index (χ4n) is 0.799. The van der Waals surface area contributed by atoms with E-state index in [1.54, 1.807) is 0 Å². The molecule has 0 aromatic heterocycles. The monoisotopic (exact) mass is 192 g/mol. The lowest BCUT2D eigenvalue weighted by Gasteiger charge is -2.07. The van der Waals surface area contributed by atoms with Crippen LogP contribution in [0.25, 0.3) is 0 Å². The lowest BCUT2D eigenvalue weighted by atomic mass is 10.1. The molecule has 0 atom stereocenters. The quantitative estimate of drug-likeness (QED) is 0.714. The summed E-state index contributed by atoms with van der Waals surface area (Å²) in [5, 5.41) is 5.29. The lowest BCUT2D eigenvalue weighted by Crippen LogP contribution is -2.02. The molecular formula is C8H7ClF2O. The Balaban J connectivity index is 2.93. The number of aliphatic hydroxyl groups is 1. The van der Waals surface area contributed by atoms with Crippen molar-refractivity contribution in [1.29, 1.82) is 0 Å². The summed E-state index contributed by atoms with van der Waals surface area (Å²) in [4.78, 5) is 0. The fourth-order valence-corrected chi connectivity index (χ4v) is 0.925. The van der Waals surface area contributed by atoms with Crippen molar-refractivity contribution in [1.82, 2.24) is 0 Å². The van der Waals surface area contributed by atoms with Crippen molar-refractivity contribution < 1.29 is 13.9 Å². The molecular weight excluding hydrogens is 186 g/mol. The lowest BCUT2D eigenvalue weighted by molar-refractivity contribution is 0.0950. The highest BCUT2D eigenvalue weighted by molar-refractivity contribution is 6.21.